The highest BCUT2D eigenvalue weighted by molar-refractivity contribution is 8.00. The zero-order valence-corrected chi connectivity index (χ0v) is 21.3. The van der Waals surface area contributed by atoms with Crippen LogP contribution >= 0.6 is 34.7 Å². The number of alkyl halides is 3. The van der Waals surface area contributed by atoms with Crippen LogP contribution in [0.25, 0.3) is 0 Å². The molecule has 2 aromatic carbocycles. The van der Waals surface area contributed by atoms with Gasteiger partial charge >= 0.3 is 11.0 Å². The van der Waals surface area contributed by atoms with Gasteiger partial charge in [0.15, 0.2) is 0 Å². The molecule has 0 spiro atoms. The molecule has 1 N–H and O–H groups in total. The predicted octanol–water partition coefficient (Wildman–Crippen LogP) is 6.87. The second-order valence-corrected chi connectivity index (χ2v) is 12.3. The highest BCUT2D eigenvalue weighted by Crippen LogP contribution is 2.64. The molecule has 3 aromatic rings. The first kappa shape index (κ1) is 24.1. The molecular formula is C26H22ClF3N2O2S2. The van der Waals surface area contributed by atoms with Gasteiger partial charge in [-0.1, -0.05) is 47.2 Å². The summed E-state index contributed by atoms with van der Waals surface area (Å²) in [6.07, 6.45) is -1.05. The Morgan fingerprint density at radius 2 is 1.81 bits per heavy atom. The topological polar surface area (TPSA) is 51.1 Å². The molecule has 1 aromatic heterocycles. The Labute approximate surface area is 218 Å². The second-order valence-electron chi connectivity index (χ2n) is 9.74. The van der Waals surface area contributed by atoms with Crippen molar-refractivity contribution in [2.75, 3.05) is 5.32 Å². The summed E-state index contributed by atoms with van der Waals surface area (Å²) in [5, 5.41) is 4.15. The number of aromatic nitrogens is 1. The van der Waals surface area contributed by atoms with Crippen molar-refractivity contribution in [2.45, 2.75) is 48.2 Å². The van der Waals surface area contributed by atoms with E-state index in [-0.39, 0.29) is 23.0 Å². The Morgan fingerprint density at radius 1 is 1.08 bits per heavy atom. The Morgan fingerprint density at radius 3 is 2.56 bits per heavy atom. The van der Waals surface area contributed by atoms with Crippen molar-refractivity contribution in [1.82, 2.24) is 4.57 Å². The maximum atomic E-state index is 13.4. The normalized spacial score (nSPS) is 26.5. The van der Waals surface area contributed by atoms with Crippen molar-refractivity contribution in [2.24, 2.45) is 17.8 Å². The average molecular weight is 551 g/mol. The highest BCUT2D eigenvalue weighted by Gasteiger charge is 2.55. The SMILES string of the molecule is O=C(Cn1c2c(sc1=O)[C@@H](c1ccc(Cl)cc1)[C@@H]1[C@H]3CC[C@@H](C3)[C@H]1S2)Nc1ccccc1C(F)(F)F. The summed E-state index contributed by atoms with van der Waals surface area (Å²) in [5.74, 6) is 0.986. The van der Waals surface area contributed by atoms with Crippen LogP contribution in [0, 0.1) is 17.8 Å². The minimum Gasteiger partial charge on any atom is -0.324 e. The number of hydrogen-bond acceptors (Lipinski definition) is 4. The van der Waals surface area contributed by atoms with Gasteiger partial charge < -0.3 is 5.32 Å². The zero-order valence-electron chi connectivity index (χ0n) is 18.9. The highest BCUT2D eigenvalue weighted by atomic mass is 35.5. The van der Waals surface area contributed by atoms with E-state index in [9.17, 15) is 22.8 Å². The largest absolute Gasteiger partial charge is 0.418 e. The number of thioether (sulfide) groups is 1. The number of benzene rings is 2. The summed E-state index contributed by atoms with van der Waals surface area (Å²) in [5.41, 5.74) is -0.118. The maximum Gasteiger partial charge on any atom is 0.418 e. The molecular weight excluding hydrogens is 529 g/mol. The van der Waals surface area contributed by atoms with E-state index >= 15 is 0 Å². The number of anilines is 1. The van der Waals surface area contributed by atoms with Crippen LogP contribution in [0.2, 0.25) is 5.02 Å². The number of nitrogens with zero attached hydrogens (tertiary/aromatic N) is 1. The van der Waals surface area contributed by atoms with Crippen molar-refractivity contribution in [3.8, 4) is 0 Å². The number of carbonyl (C=O) groups is 1. The van der Waals surface area contributed by atoms with Crippen LogP contribution in [0.3, 0.4) is 0 Å². The summed E-state index contributed by atoms with van der Waals surface area (Å²) >= 11 is 8.98. The first-order chi connectivity index (χ1) is 17.2. The molecule has 2 aliphatic carbocycles. The van der Waals surface area contributed by atoms with Crippen LogP contribution in [-0.2, 0) is 17.5 Å². The smallest absolute Gasteiger partial charge is 0.324 e. The molecule has 36 heavy (non-hydrogen) atoms. The van der Waals surface area contributed by atoms with Gasteiger partial charge in [-0.15, -0.1) is 11.8 Å². The summed E-state index contributed by atoms with van der Waals surface area (Å²) < 4.78 is 41.6. The number of hydrogen-bond donors (Lipinski definition) is 1. The standard InChI is InChI=1S/C26H22ClF3N2O2S2/c27-16-9-7-13(8-10-16)20-21-14-5-6-15(11-14)22(21)35-24-23(20)36-25(34)32(24)12-19(33)31-18-4-2-1-3-17(18)26(28,29)30/h1-4,7-10,14-15,20-22H,5-6,11-12H2,(H,31,33)/t14-,15-,20-,21-,22+/m0/s1. The van der Waals surface area contributed by atoms with Crippen LogP contribution in [0.4, 0.5) is 18.9 Å². The number of amides is 1. The lowest BCUT2D eigenvalue weighted by Gasteiger charge is -2.40. The molecule has 2 bridgehead atoms. The molecule has 5 atom stereocenters. The number of rotatable bonds is 4. The van der Waals surface area contributed by atoms with E-state index in [2.05, 4.69) is 5.32 Å². The third kappa shape index (κ3) is 4.09. The number of fused-ring (bicyclic) bond motifs is 6. The molecule has 0 unspecified atom stereocenters. The van der Waals surface area contributed by atoms with Gasteiger partial charge in [-0.2, -0.15) is 13.2 Å². The van der Waals surface area contributed by atoms with Crippen LogP contribution < -0.4 is 10.2 Å². The fourth-order valence-electron chi connectivity index (χ4n) is 6.30. The lowest BCUT2D eigenvalue weighted by Crippen LogP contribution is -2.34. The minimum atomic E-state index is -4.60. The van der Waals surface area contributed by atoms with Crippen molar-refractivity contribution in [3.05, 3.63) is 79.2 Å². The van der Waals surface area contributed by atoms with Gasteiger partial charge in [0.25, 0.3) is 0 Å². The molecule has 3 aliphatic rings. The number of halogens is 4. The second kappa shape index (κ2) is 8.96. The molecule has 2 fully saturated rings. The number of carbonyl (C=O) groups excluding carboxylic acids is 1. The summed E-state index contributed by atoms with van der Waals surface area (Å²) in [7, 11) is 0. The Bertz CT molecular complexity index is 1390. The van der Waals surface area contributed by atoms with Gasteiger partial charge in [-0.3, -0.25) is 14.2 Å². The van der Waals surface area contributed by atoms with Gasteiger partial charge in [0, 0.05) is 21.1 Å². The molecule has 10 heteroatoms. The van der Waals surface area contributed by atoms with E-state index in [1.165, 1.54) is 42.0 Å². The van der Waals surface area contributed by atoms with E-state index in [1.54, 1.807) is 11.8 Å². The lowest BCUT2D eigenvalue weighted by molar-refractivity contribution is -0.137. The summed E-state index contributed by atoms with van der Waals surface area (Å²) in [4.78, 5) is 26.7. The van der Waals surface area contributed by atoms with Crippen LogP contribution in [-0.4, -0.2) is 15.7 Å². The van der Waals surface area contributed by atoms with E-state index in [1.807, 2.05) is 24.3 Å². The van der Waals surface area contributed by atoms with Crippen LogP contribution in [0.15, 0.2) is 58.4 Å². The fourth-order valence-corrected chi connectivity index (χ4v) is 9.58. The molecule has 2 saturated carbocycles. The molecule has 1 aliphatic heterocycles. The van der Waals surface area contributed by atoms with E-state index in [4.69, 9.17) is 11.6 Å². The van der Waals surface area contributed by atoms with Crippen molar-refractivity contribution in [1.29, 1.82) is 0 Å². The molecule has 1 amide bonds. The number of para-hydroxylation sites is 1. The molecule has 0 radical (unpaired) electrons. The Balaban J connectivity index is 1.35. The monoisotopic (exact) mass is 550 g/mol. The lowest BCUT2D eigenvalue weighted by atomic mass is 9.75. The van der Waals surface area contributed by atoms with E-state index < -0.39 is 17.6 Å². The van der Waals surface area contributed by atoms with Crippen molar-refractivity contribution in [3.63, 3.8) is 0 Å². The van der Waals surface area contributed by atoms with Gasteiger partial charge in [0.2, 0.25) is 5.91 Å². The Kier molecular flexibility index (Phi) is 6.00. The molecule has 2 heterocycles. The van der Waals surface area contributed by atoms with Gasteiger partial charge in [0.05, 0.1) is 16.3 Å². The predicted molar refractivity (Wildman–Crippen MR) is 136 cm³/mol. The molecule has 6 rings (SSSR count). The van der Waals surface area contributed by atoms with Crippen molar-refractivity contribution >= 4 is 46.3 Å². The Hall–Kier alpha value is -2.23. The first-order valence-corrected chi connectivity index (χ1v) is 13.9. The quantitative estimate of drug-likeness (QED) is 0.385. The first-order valence-electron chi connectivity index (χ1n) is 11.8. The molecule has 0 saturated heterocycles. The number of nitrogens with one attached hydrogen (secondary N) is 1. The summed E-state index contributed by atoms with van der Waals surface area (Å²) in [6.45, 7) is -0.331. The molecule has 188 valence electrons. The van der Waals surface area contributed by atoms with Crippen LogP contribution in [0.1, 0.15) is 41.2 Å². The third-order valence-electron chi connectivity index (χ3n) is 7.73. The van der Waals surface area contributed by atoms with Gasteiger partial charge in [0.1, 0.15) is 6.54 Å². The van der Waals surface area contributed by atoms with Crippen molar-refractivity contribution < 1.29 is 18.0 Å². The maximum absolute atomic E-state index is 13.4. The molecule has 4 nitrogen and oxygen atoms in total. The minimum absolute atomic E-state index is 0.0479. The van der Waals surface area contributed by atoms with Gasteiger partial charge in [-0.05, 0) is 66.8 Å². The third-order valence-corrected chi connectivity index (χ3v) is 10.8. The summed E-state index contributed by atoms with van der Waals surface area (Å²) in [6, 6.07) is 12.6. The average Bonchev–Trinajstić information content (AvgIpc) is 3.52. The zero-order chi connectivity index (χ0) is 25.2. The number of thiazole rings is 1. The van der Waals surface area contributed by atoms with E-state index in [0.29, 0.717) is 28.0 Å². The van der Waals surface area contributed by atoms with Gasteiger partial charge in [-0.25, -0.2) is 0 Å². The fraction of sp³-hybridized carbons (Fsp3) is 0.385. The van der Waals surface area contributed by atoms with Crippen LogP contribution in [0.5, 0.6) is 0 Å². The van der Waals surface area contributed by atoms with E-state index in [0.717, 1.165) is 32.9 Å².